The van der Waals surface area contributed by atoms with E-state index in [9.17, 15) is 13.2 Å². The number of nitrogens with zero attached hydrogens (tertiary/aromatic N) is 3. The third kappa shape index (κ3) is 5.01. The number of hydrogen-bond donors (Lipinski definition) is 0. The molecule has 2 fully saturated rings. The third-order valence-corrected chi connectivity index (χ3v) is 6.49. The SMILES string of the molecule is O=C(CN1CCOCC1)N1CCN(S(=O)(=O)Cc2ccccc2)CC1. The number of morpholine rings is 1. The molecule has 2 aliphatic rings. The van der Waals surface area contributed by atoms with Gasteiger partial charge in [0.05, 0.1) is 25.5 Å². The van der Waals surface area contributed by atoms with Crippen LogP contribution in [0.1, 0.15) is 5.56 Å². The molecular weight excluding hydrogens is 342 g/mol. The van der Waals surface area contributed by atoms with E-state index in [4.69, 9.17) is 4.74 Å². The Labute approximate surface area is 149 Å². The van der Waals surface area contributed by atoms with Gasteiger partial charge < -0.3 is 9.64 Å². The molecule has 1 aromatic carbocycles. The van der Waals surface area contributed by atoms with Crippen LogP contribution >= 0.6 is 0 Å². The van der Waals surface area contributed by atoms with Gasteiger partial charge in [0.25, 0.3) is 0 Å². The Morgan fingerprint density at radius 1 is 0.960 bits per heavy atom. The van der Waals surface area contributed by atoms with E-state index in [-0.39, 0.29) is 11.7 Å². The van der Waals surface area contributed by atoms with E-state index >= 15 is 0 Å². The third-order valence-electron chi connectivity index (χ3n) is 4.64. The maximum Gasteiger partial charge on any atom is 0.236 e. The average Bonchev–Trinajstić information content (AvgIpc) is 2.63. The maximum absolute atomic E-state index is 12.5. The van der Waals surface area contributed by atoms with Gasteiger partial charge in [0.15, 0.2) is 0 Å². The van der Waals surface area contributed by atoms with Crippen molar-refractivity contribution < 1.29 is 17.9 Å². The molecule has 3 rings (SSSR count). The fourth-order valence-electron chi connectivity index (χ4n) is 3.14. The molecular formula is C17H25N3O4S. The quantitative estimate of drug-likeness (QED) is 0.732. The second-order valence-corrected chi connectivity index (χ2v) is 8.38. The minimum atomic E-state index is -3.34. The molecule has 0 aliphatic carbocycles. The number of carbonyl (C=O) groups excluding carboxylic acids is 1. The molecule has 0 spiro atoms. The summed E-state index contributed by atoms with van der Waals surface area (Å²) < 4.78 is 31.9. The van der Waals surface area contributed by atoms with Gasteiger partial charge in [-0.25, -0.2) is 8.42 Å². The number of sulfonamides is 1. The molecule has 1 aromatic rings. The topological polar surface area (TPSA) is 70.2 Å². The van der Waals surface area contributed by atoms with Crippen molar-refractivity contribution in [3.05, 3.63) is 35.9 Å². The minimum absolute atomic E-state index is 0.00949. The van der Waals surface area contributed by atoms with Crippen LogP contribution in [0.4, 0.5) is 0 Å². The van der Waals surface area contributed by atoms with Crippen molar-refractivity contribution in [3.63, 3.8) is 0 Å². The fraction of sp³-hybridized carbons (Fsp3) is 0.588. The highest BCUT2D eigenvalue weighted by Crippen LogP contribution is 2.14. The lowest BCUT2D eigenvalue weighted by molar-refractivity contribution is -0.134. The Bertz CT molecular complexity index is 666. The van der Waals surface area contributed by atoms with Crippen LogP contribution in [-0.2, 0) is 25.3 Å². The Morgan fingerprint density at radius 2 is 1.60 bits per heavy atom. The normalized spacial score (nSPS) is 20.6. The van der Waals surface area contributed by atoms with Crippen LogP contribution in [0, 0.1) is 0 Å². The van der Waals surface area contributed by atoms with Gasteiger partial charge >= 0.3 is 0 Å². The van der Waals surface area contributed by atoms with Gasteiger partial charge in [-0.05, 0) is 5.56 Å². The number of piperazine rings is 1. The van der Waals surface area contributed by atoms with Crippen molar-refractivity contribution in [3.8, 4) is 0 Å². The average molecular weight is 367 g/mol. The highest BCUT2D eigenvalue weighted by atomic mass is 32.2. The van der Waals surface area contributed by atoms with E-state index in [1.807, 2.05) is 30.3 Å². The molecule has 138 valence electrons. The molecule has 0 bridgehead atoms. The first-order valence-electron chi connectivity index (χ1n) is 8.64. The molecule has 0 unspecified atom stereocenters. The first-order valence-corrected chi connectivity index (χ1v) is 10.3. The zero-order valence-corrected chi connectivity index (χ0v) is 15.2. The van der Waals surface area contributed by atoms with Gasteiger partial charge in [0.2, 0.25) is 15.9 Å². The first-order chi connectivity index (χ1) is 12.0. The zero-order valence-electron chi connectivity index (χ0n) is 14.3. The summed E-state index contributed by atoms with van der Waals surface area (Å²) in [5.74, 6) is 0.0808. The van der Waals surface area contributed by atoms with Crippen molar-refractivity contribution in [2.75, 3.05) is 59.0 Å². The van der Waals surface area contributed by atoms with Crippen LogP contribution < -0.4 is 0 Å². The molecule has 0 aromatic heterocycles. The molecule has 8 heteroatoms. The summed E-state index contributed by atoms with van der Waals surface area (Å²) in [4.78, 5) is 16.2. The van der Waals surface area contributed by atoms with E-state index in [1.165, 1.54) is 4.31 Å². The summed E-state index contributed by atoms with van der Waals surface area (Å²) in [5.41, 5.74) is 0.785. The number of ether oxygens (including phenoxy) is 1. The Balaban J connectivity index is 1.49. The zero-order chi connectivity index (χ0) is 17.7. The summed E-state index contributed by atoms with van der Waals surface area (Å²) >= 11 is 0. The molecule has 2 saturated heterocycles. The second kappa shape index (κ2) is 8.27. The van der Waals surface area contributed by atoms with Crippen molar-refractivity contribution in [1.82, 2.24) is 14.1 Å². The van der Waals surface area contributed by atoms with Crippen LogP contribution in [0.3, 0.4) is 0 Å². The number of hydrogen-bond acceptors (Lipinski definition) is 5. The summed E-state index contributed by atoms with van der Waals surface area (Å²) in [6, 6.07) is 9.19. The predicted octanol–water partition coefficient (Wildman–Crippen LogP) is -0.00720. The van der Waals surface area contributed by atoms with E-state index in [2.05, 4.69) is 4.90 Å². The minimum Gasteiger partial charge on any atom is -0.379 e. The van der Waals surface area contributed by atoms with Crippen LogP contribution in [0.5, 0.6) is 0 Å². The van der Waals surface area contributed by atoms with Gasteiger partial charge in [-0.1, -0.05) is 30.3 Å². The van der Waals surface area contributed by atoms with Crippen molar-refractivity contribution in [2.45, 2.75) is 5.75 Å². The highest BCUT2D eigenvalue weighted by molar-refractivity contribution is 7.88. The largest absolute Gasteiger partial charge is 0.379 e. The number of rotatable bonds is 5. The van der Waals surface area contributed by atoms with E-state index in [1.54, 1.807) is 4.90 Å². The summed E-state index contributed by atoms with van der Waals surface area (Å²) in [7, 11) is -3.34. The van der Waals surface area contributed by atoms with Gasteiger partial charge in [-0.3, -0.25) is 9.69 Å². The lowest BCUT2D eigenvalue weighted by Gasteiger charge is -2.35. The standard InChI is InChI=1S/C17H25N3O4S/c21-17(14-18-10-12-24-13-11-18)19-6-8-20(9-7-19)25(22,23)15-16-4-2-1-3-5-16/h1-5H,6-15H2. The molecule has 0 N–H and O–H groups in total. The number of amides is 1. The monoisotopic (exact) mass is 367 g/mol. The number of carbonyl (C=O) groups is 1. The van der Waals surface area contributed by atoms with Crippen LogP contribution in [0.2, 0.25) is 0 Å². The van der Waals surface area contributed by atoms with Crippen LogP contribution in [-0.4, -0.2) is 87.5 Å². The first kappa shape index (κ1) is 18.3. The Morgan fingerprint density at radius 3 is 2.24 bits per heavy atom. The smallest absolute Gasteiger partial charge is 0.236 e. The molecule has 7 nitrogen and oxygen atoms in total. The highest BCUT2D eigenvalue weighted by Gasteiger charge is 2.29. The Hall–Kier alpha value is -1.48. The molecule has 25 heavy (non-hydrogen) atoms. The lowest BCUT2D eigenvalue weighted by Crippen LogP contribution is -2.53. The molecule has 2 aliphatic heterocycles. The van der Waals surface area contributed by atoms with Gasteiger partial charge in [0, 0.05) is 39.3 Å². The second-order valence-electron chi connectivity index (χ2n) is 6.41. The molecule has 2 heterocycles. The van der Waals surface area contributed by atoms with Crippen LogP contribution in [0.25, 0.3) is 0 Å². The summed E-state index contributed by atoms with van der Waals surface area (Å²) in [5, 5.41) is 0. The molecule has 1 amide bonds. The molecule has 0 saturated carbocycles. The van der Waals surface area contributed by atoms with Crippen LogP contribution in [0.15, 0.2) is 30.3 Å². The van der Waals surface area contributed by atoms with E-state index in [0.29, 0.717) is 45.9 Å². The lowest BCUT2D eigenvalue weighted by atomic mass is 10.2. The van der Waals surface area contributed by atoms with Crippen molar-refractivity contribution in [1.29, 1.82) is 0 Å². The summed E-state index contributed by atoms with van der Waals surface area (Å²) in [6.07, 6.45) is 0. The van der Waals surface area contributed by atoms with Gasteiger partial charge in [-0.15, -0.1) is 0 Å². The van der Waals surface area contributed by atoms with Crippen molar-refractivity contribution >= 4 is 15.9 Å². The fourth-order valence-corrected chi connectivity index (χ4v) is 4.66. The molecule has 0 atom stereocenters. The summed E-state index contributed by atoms with van der Waals surface area (Å²) in [6.45, 7) is 4.91. The van der Waals surface area contributed by atoms with E-state index in [0.717, 1.165) is 18.7 Å². The number of benzene rings is 1. The van der Waals surface area contributed by atoms with E-state index < -0.39 is 10.0 Å². The van der Waals surface area contributed by atoms with Gasteiger partial charge in [0.1, 0.15) is 0 Å². The van der Waals surface area contributed by atoms with Gasteiger partial charge in [-0.2, -0.15) is 4.31 Å². The Kier molecular flexibility index (Phi) is 6.06. The maximum atomic E-state index is 12.5. The molecule has 0 radical (unpaired) electrons. The predicted molar refractivity (Wildman–Crippen MR) is 94.5 cm³/mol. The van der Waals surface area contributed by atoms with Crippen molar-refractivity contribution in [2.24, 2.45) is 0 Å².